The van der Waals surface area contributed by atoms with Crippen molar-refractivity contribution in [3.05, 3.63) is 12.2 Å². The Kier molecular flexibility index (Phi) is 41.6. The highest BCUT2D eigenvalue weighted by Crippen LogP contribution is 2.30. The van der Waals surface area contributed by atoms with E-state index in [2.05, 4.69) is 19.2 Å². The SMILES string of the molecule is CCCCCCCCCCCCCCCCCCCCCCCCCCC/C=C/C(O)C(COC1OC(CO)C(OC2OC(CO)C(O)C(O)C2O)C(O)C1O)NC(=O)CCCCCCCCCCCCC. The maximum Gasteiger partial charge on any atom is 0.220 e. The molecular weight excluding hydrogens is 919 g/mol. The van der Waals surface area contributed by atoms with E-state index in [1.165, 1.54) is 193 Å². The lowest BCUT2D eigenvalue weighted by Gasteiger charge is -2.46. The van der Waals surface area contributed by atoms with Gasteiger partial charge in [-0.05, 0) is 19.3 Å². The van der Waals surface area contributed by atoms with Crippen molar-refractivity contribution in [3.63, 3.8) is 0 Å². The van der Waals surface area contributed by atoms with E-state index in [1.807, 2.05) is 6.08 Å². The Hall–Kier alpha value is -1.27. The van der Waals surface area contributed by atoms with Crippen LogP contribution in [0.5, 0.6) is 0 Å². The van der Waals surface area contributed by atoms with Crippen LogP contribution in [0.25, 0.3) is 0 Å². The van der Waals surface area contributed by atoms with Crippen LogP contribution in [0.1, 0.15) is 258 Å². The second-order valence-corrected chi connectivity index (χ2v) is 21.5. The maximum atomic E-state index is 13.2. The van der Waals surface area contributed by atoms with Crippen LogP contribution in [0.4, 0.5) is 0 Å². The van der Waals surface area contributed by atoms with Crippen molar-refractivity contribution in [2.45, 2.75) is 331 Å². The lowest BCUT2D eigenvalue weighted by molar-refractivity contribution is -0.359. The fraction of sp³-hybridized carbons (Fsp3) is 0.948. The Morgan fingerprint density at radius 3 is 1.28 bits per heavy atom. The molecule has 2 aliphatic rings. The molecule has 0 aromatic heterocycles. The fourth-order valence-corrected chi connectivity index (χ4v) is 10.1. The van der Waals surface area contributed by atoms with Crippen LogP contribution in [-0.2, 0) is 23.7 Å². The fourth-order valence-electron chi connectivity index (χ4n) is 10.1. The molecule has 2 aliphatic heterocycles. The van der Waals surface area contributed by atoms with Crippen molar-refractivity contribution in [2.24, 2.45) is 0 Å². The number of carbonyl (C=O) groups excluding carboxylic acids is 1. The van der Waals surface area contributed by atoms with Gasteiger partial charge in [-0.25, -0.2) is 0 Å². The third-order valence-corrected chi connectivity index (χ3v) is 15.0. The molecule has 0 aromatic rings. The number of aliphatic hydroxyl groups excluding tert-OH is 8. The van der Waals surface area contributed by atoms with Gasteiger partial charge in [-0.15, -0.1) is 0 Å². The highest BCUT2D eigenvalue weighted by molar-refractivity contribution is 5.76. The Morgan fingerprint density at radius 1 is 0.486 bits per heavy atom. The third-order valence-electron chi connectivity index (χ3n) is 15.0. The summed E-state index contributed by atoms with van der Waals surface area (Å²) in [4.78, 5) is 13.2. The molecule has 1 amide bonds. The molecule has 0 aromatic carbocycles. The molecule has 0 radical (unpaired) electrons. The number of allylic oxidation sites excluding steroid dienone is 1. The van der Waals surface area contributed by atoms with Gasteiger partial charge in [0.15, 0.2) is 12.6 Å². The molecule has 0 aliphatic carbocycles. The van der Waals surface area contributed by atoms with Crippen LogP contribution in [-0.4, -0.2) is 140 Å². The van der Waals surface area contributed by atoms with Crippen LogP contribution in [0.3, 0.4) is 0 Å². The van der Waals surface area contributed by atoms with Crippen molar-refractivity contribution >= 4 is 5.91 Å². The second kappa shape index (κ2) is 44.8. The van der Waals surface area contributed by atoms with Gasteiger partial charge in [0.05, 0.1) is 32.0 Å². The Morgan fingerprint density at radius 2 is 0.861 bits per heavy atom. The van der Waals surface area contributed by atoms with Crippen LogP contribution < -0.4 is 5.32 Å². The lowest BCUT2D eigenvalue weighted by atomic mass is 9.97. The average molecular weight is 1030 g/mol. The first kappa shape index (κ1) is 66.8. The lowest BCUT2D eigenvalue weighted by Crippen LogP contribution is -2.65. The van der Waals surface area contributed by atoms with Crippen molar-refractivity contribution < 1.29 is 64.6 Å². The molecule has 9 N–H and O–H groups in total. The number of nitrogens with one attached hydrogen (secondary N) is 1. The van der Waals surface area contributed by atoms with E-state index in [0.29, 0.717) is 6.42 Å². The Balaban J connectivity index is 1.70. The predicted molar refractivity (Wildman–Crippen MR) is 286 cm³/mol. The number of ether oxygens (including phenoxy) is 4. The molecule has 2 saturated heterocycles. The smallest absolute Gasteiger partial charge is 0.220 e. The van der Waals surface area contributed by atoms with E-state index >= 15 is 0 Å². The molecule has 2 fully saturated rings. The largest absolute Gasteiger partial charge is 0.394 e. The molecule has 14 nitrogen and oxygen atoms in total. The Bertz CT molecular complexity index is 1260. The molecule has 2 rings (SSSR count). The van der Waals surface area contributed by atoms with Gasteiger partial charge in [0.2, 0.25) is 5.91 Å². The van der Waals surface area contributed by atoms with Crippen LogP contribution in [0.15, 0.2) is 12.2 Å². The van der Waals surface area contributed by atoms with E-state index in [1.54, 1.807) is 6.08 Å². The van der Waals surface area contributed by atoms with Gasteiger partial charge in [-0.3, -0.25) is 4.79 Å². The summed E-state index contributed by atoms with van der Waals surface area (Å²) in [6.07, 6.45) is 34.1. The number of rotatable bonds is 48. The first-order valence-electron chi connectivity index (χ1n) is 29.9. The zero-order chi connectivity index (χ0) is 52.4. The second-order valence-electron chi connectivity index (χ2n) is 21.5. The van der Waals surface area contributed by atoms with E-state index in [4.69, 9.17) is 18.9 Å². The summed E-state index contributed by atoms with van der Waals surface area (Å²) in [7, 11) is 0. The van der Waals surface area contributed by atoms with E-state index in [9.17, 15) is 45.6 Å². The van der Waals surface area contributed by atoms with Gasteiger partial charge >= 0.3 is 0 Å². The van der Waals surface area contributed by atoms with Crippen LogP contribution in [0, 0.1) is 0 Å². The molecular formula is C58H111NO13. The van der Waals surface area contributed by atoms with Gasteiger partial charge in [-0.1, -0.05) is 244 Å². The topological polar surface area (TPSA) is 228 Å². The quantitative estimate of drug-likeness (QED) is 0.0205. The van der Waals surface area contributed by atoms with E-state index in [-0.39, 0.29) is 18.9 Å². The highest BCUT2D eigenvalue weighted by atomic mass is 16.7. The number of amides is 1. The molecule has 426 valence electrons. The summed E-state index contributed by atoms with van der Waals surface area (Å²) in [5.41, 5.74) is 0. The number of hydrogen-bond donors (Lipinski definition) is 9. The van der Waals surface area contributed by atoms with Crippen LogP contribution in [0.2, 0.25) is 0 Å². The molecule has 14 heteroatoms. The molecule has 72 heavy (non-hydrogen) atoms. The first-order chi connectivity index (χ1) is 35.1. The number of aliphatic hydroxyl groups is 8. The van der Waals surface area contributed by atoms with Gasteiger partial charge in [0.25, 0.3) is 0 Å². The minimum absolute atomic E-state index is 0.237. The minimum Gasteiger partial charge on any atom is -0.394 e. The number of hydrogen-bond acceptors (Lipinski definition) is 13. The Labute approximate surface area is 437 Å². The molecule has 0 bridgehead atoms. The van der Waals surface area contributed by atoms with Crippen LogP contribution >= 0.6 is 0 Å². The zero-order valence-electron chi connectivity index (χ0n) is 45.7. The monoisotopic (exact) mass is 1030 g/mol. The van der Waals surface area contributed by atoms with Crippen molar-refractivity contribution in [1.29, 1.82) is 0 Å². The molecule has 12 atom stereocenters. The first-order valence-corrected chi connectivity index (χ1v) is 29.9. The molecule has 0 spiro atoms. The van der Waals surface area contributed by atoms with Gasteiger partial charge in [0.1, 0.15) is 48.8 Å². The summed E-state index contributed by atoms with van der Waals surface area (Å²) in [6.45, 7) is 2.81. The summed E-state index contributed by atoms with van der Waals surface area (Å²) in [5, 5.41) is 86.9. The summed E-state index contributed by atoms with van der Waals surface area (Å²) >= 11 is 0. The van der Waals surface area contributed by atoms with Gasteiger partial charge < -0.3 is 65.1 Å². The van der Waals surface area contributed by atoms with E-state index in [0.717, 1.165) is 38.5 Å². The minimum atomic E-state index is -1.78. The normalized spacial score (nSPS) is 25.6. The summed E-state index contributed by atoms with van der Waals surface area (Å²) in [6, 6.07) is -0.908. The molecule has 2 heterocycles. The maximum absolute atomic E-state index is 13.2. The average Bonchev–Trinajstić information content (AvgIpc) is 3.38. The third kappa shape index (κ3) is 30.5. The highest BCUT2D eigenvalue weighted by Gasteiger charge is 2.51. The summed E-state index contributed by atoms with van der Waals surface area (Å²) in [5.74, 6) is -0.237. The number of carbonyl (C=O) groups is 1. The molecule has 12 unspecified atom stereocenters. The standard InChI is InChI=1S/C58H111NO13/c1-3-5-7-9-11-13-15-16-17-18-19-20-21-22-23-24-25-26-27-28-29-30-32-33-35-37-39-41-47(62)46(59-50(63)42-40-38-36-34-31-14-12-10-8-6-4-2)45-69-57-55(68)53(66)56(49(44-61)71-57)72-58-54(67)52(65)51(64)48(43-60)70-58/h39,41,46-49,51-58,60-62,64-68H,3-38,40,42-45H2,1-2H3,(H,59,63)/b41-39+. The molecule has 0 saturated carbocycles. The van der Waals surface area contributed by atoms with Gasteiger partial charge in [0, 0.05) is 6.42 Å². The van der Waals surface area contributed by atoms with E-state index < -0.39 is 86.8 Å². The van der Waals surface area contributed by atoms with Crippen molar-refractivity contribution in [3.8, 4) is 0 Å². The zero-order valence-corrected chi connectivity index (χ0v) is 45.7. The number of unbranched alkanes of at least 4 members (excludes halogenated alkanes) is 35. The van der Waals surface area contributed by atoms with Gasteiger partial charge in [-0.2, -0.15) is 0 Å². The van der Waals surface area contributed by atoms with Crippen molar-refractivity contribution in [2.75, 3.05) is 19.8 Å². The van der Waals surface area contributed by atoms with Crippen molar-refractivity contribution in [1.82, 2.24) is 5.32 Å². The summed E-state index contributed by atoms with van der Waals surface area (Å²) < 4.78 is 22.7. The predicted octanol–water partition coefficient (Wildman–Crippen LogP) is 9.89.